The molecule has 0 spiro atoms. The number of nitrogens with zero attached hydrogens (tertiary/aromatic N) is 2. The molecule has 6 heteroatoms. The molecule has 1 aliphatic rings. The van der Waals surface area contributed by atoms with Gasteiger partial charge >= 0.3 is 0 Å². The van der Waals surface area contributed by atoms with Gasteiger partial charge in [-0.15, -0.1) is 0 Å². The van der Waals surface area contributed by atoms with Crippen molar-refractivity contribution in [3.05, 3.63) is 96.1 Å². The van der Waals surface area contributed by atoms with Crippen molar-refractivity contribution in [3.63, 3.8) is 0 Å². The largest absolute Gasteiger partial charge is 0.436 e. The Morgan fingerprint density at radius 3 is 2.60 bits per heavy atom. The number of carbonyl (C=O) groups excluding carboxylic acids is 1. The van der Waals surface area contributed by atoms with Gasteiger partial charge in [-0.05, 0) is 41.1 Å². The Morgan fingerprint density at radius 2 is 1.71 bits per heavy atom. The zero-order chi connectivity index (χ0) is 23.6. The fraction of sp³-hybridized carbons (Fsp3) is 0.172. The molecule has 1 amide bonds. The smallest absolute Gasteiger partial charge is 0.255 e. The van der Waals surface area contributed by atoms with Crippen LogP contribution in [0.2, 0.25) is 0 Å². The monoisotopic (exact) mass is 462 g/mol. The number of piperazine rings is 1. The summed E-state index contributed by atoms with van der Waals surface area (Å²) < 4.78 is 6.31. The first-order valence-electron chi connectivity index (χ1n) is 12.0. The third-order valence-electron chi connectivity index (χ3n) is 6.52. The average molecular weight is 463 g/mol. The summed E-state index contributed by atoms with van der Waals surface area (Å²) in [6.07, 6.45) is 0. The van der Waals surface area contributed by atoms with Gasteiger partial charge in [0.1, 0.15) is 5.52 Å². The molecule has 1 saturated heterocycles. The number of carbonyl (C=O) groups is 1. The van der Waals surface area contributed by atoms with E-state index in [1.54, 1.807) is 0 Å². The van der Waals surface area contributed by atoms with E-state index in [1.807, 2.05) is 78.9 Å². The molecule has 0 unspecified atom stereocenters. The average Bonchev–Trinajstić information content (AvgIpc) is 3.35. The number of anilines is 1. The number of hydrogen-bond donors (Lipinski definition) is 2. The lowest BCUT2D eigenvalue weighted by Gasteiger charge is -2.27. The molecule has 2 heterocycles. The summed E-state index contributed by atoms with van der Waals surface area (Å²) in [7, 11) is 0. The van der Waals surface area contributed by atoms with Gasteiger partial charge in [0.25, 0.3) is 5.91 Å². The Morgan fingerprint density at radius 1 is 0.914 bits per heavy atom. The van der Waals surface area contributed by atoms with Crippen LogP contribution in [0, 0.1) is 0 Å². The van der Waals surface area contributed by atoms with Crippen LogP contribution in [0.25, 0.3) is 33.3 Å². The van der Waals surface area contributed by atoms with E-state index < -0.39 is 0 Å². The van der Waals surface area contributed by atoms with E-state index in [4.69, 9.17) is 9.40 Å². The van der Waals surface area contributed by atoms with Crippen LogP contribution in [0.3, 0.4) is 0 Å². The van der Waals surface area contributed by atoms with Crippen molar-refractivity contribution in [2.24, 2.45) is 0 Å². The second kappa shape index (κ2) is 9.33. The van der Waals surface area contributed by atoms with Gasteiger partial charge in [0.2, 0.25) is 5.89 Å². The lowest BCUT2D eigenvalue weighted by atomic mass is 10.1. The fourth-order valence-electron chi connectivity index (χ4n) is 4.66. The van der Waals surface area contributed by atoms with Gasteiger partial charge in [-0.2, -0.15) is 0 Å². The quantitative estimate of drug-likeness (QED) is 0.371. The van der Waals surface area contributed by atoms with Crippen molar-refractivity contribution in [2.75, 3.05) is 31.5 Å². The number of oxazole rings is 1. The van der Waals surface area contributed by atoms with E-state index >= 15 is 0 Å². The fourth-order valence-corrected chi connectivity index (χ4v) is 4.66. The maximum atomic E-state index is 13.1. The number of nitrogens with one attached hydrogen (secondary N) is 2. The molecule has 0 bridgehead atoms. The van der Waals surface area contributed by atoms with Crippen LogP contribution in [0.1, 0.15) is 15.9 Å². The maximum Gasteiger partial charge on any atom is 0.255 e. The second-order valence-corrected chi connectivity index (χ2v) is 8.87. The van der Waals surface area contributed by atoms with Crippen LogP contribution >= 0.6 is 0 Å². The minimum absolute atomic E-state index is 0.168. The van der Waals surface area contributed by atoms with Crippen LogP contribution in [0.5, 0.6) is 0 Å². The van der Waals surface area contributed by atoms with Crippen molar-refractivity contribution in [1.82, 2.24) is 15.2 Å². The van der Waals surface area contributed by atoms with E-state index in [-0.39, 0.29) is 5.91 Å². The molecular formula is C29H26N4O2. The molecule has 1 aromatic heterocycles. The van der Waals surface area contributed by atoms with Crippen LogP contribution in [0.15, 0.2) is 89.3 Å². The number of rotatable bonds is 5. The Bertz CT molecular complexity index is 1520. The molecule has 35 heavy (non-hydrogen) atoms. The summed E-state index contributed by atoms with van der Waals surface area (Å²) in [6.45, 7) is 4.86. The van der Waals surface area contributed by atoms with Gasteiger partial charge in [-0.3, -0.25) is 9.69 Å². The summed E-state index contributed by atoms with van der Waals surface area (Å²) in [5, 5.41) is 8.59. The predicted octanol–water partition coefficient (Wildman–Crippen LogP) is 5.31. The van der Waals surface area contributed by atoms with Crippen molar-refractivity contribution in [2.45, 2.75) is 6.54 Å². The number of amides is 1. The molecule has 0 atom stereocenters. The van der Waals surface area contributed by atoms with Crippen molar-refractivity contribution < 1.29 is 9.21 Å². The second-order valence-electron chi connectivity index (χ2n) is 8.87. The number of benzene rings is 4. The number of hydrogen-bond acceptors (Lipinski definition) is 5. The first-order valence-corrected chi connectivity index (χ1v) is 12.0. The summed E-state index contributed by atoms with van der Waals surface area (Å²) >= 11 is 0. The third-order valence-corrected chi connectivity index (χ3v) is 6.52. The molecule has 1 fully saturated rings. The van der Waals surface area contributed by atoms with Gasteiger partial charge < -0.3 is 15.1 Å². The Hall–Kier alpha value is -4.00. The van der Waals surface area contributed by atoms with Gasteiger partial charge in [-0.1, -0.05) is 54.6 Å². The molecular weight excluding hydrogens is 436 g/mol. The standard InChI is InChI=1S/C29H26N4O2/c34-28(22-13-12-20-6-1-2-7-21(20)18-22)31-25-10-4-3-9-24(25)29-32-26-11-5-8-23(27(26)35-29)19-33-16-14-30-15-17-33/h1-13,18,30H,14-17,19H2,(H,31,34). The third kappa shape index (κ3) is 4.41. The molecule has 174 valence electrons. The van der Waals surface area contributed by atoms with Gasteiger partial charge in [0.05, 0.1) is 11.3 Å². The van der Waals surface area contributed by atoms with E-state index in [9.17, 15) is 4.79 Å². The summed E-state index contributed by atoms with van der Waals surface area (Å²) in [5.41, 5.74) is 4.78. The predicted molar refractivity (Wildman–Crippen MR) is 139 cm³/mol. The molecule has 4 aromatic carbocycles. The first kappa shape index (κ1) is 21.5. The van der Waals surface area contributed by atoms with Gasteiger partial charge in [-0.25, -0.2) is 4.98 Å². The zero-order valence-electron chi connectivity index (χ0n) is 19.3. The van der Waals surface area contributed by atoms with E-state index in [0.29, 0.717) is 17.1 Å². The Kier molecular flexibility index (Phi) is 5.74. The molecule has 2 N–H and O–H groups in total. The molecule has 1 aliphatic heterocycles. The number of fused-ring (bicyclic) bond motifs is 2. The number of para-hydroxylation sites is 2. The minimum Gasteiger partial charge on any atom is -0.436 e. The summed E-state index contributed by atoms with van der Waals surface area (Å²) in [6, 6.07) is 27.5. The van der Waals surface area contributed by atoms with Crippen LogP contribution in [-0.4, -0.2) is 42.0 Å². The highest BCUT2D eigenvalue weighted by atomic mass is 16.3. The number of aromatic nitrogens is 1. The van der Waals surface area contributed by atoms with Crippen molar-refractivity contribution in [3.8, 4) is 11.5 Å². The lowest BCUT2D eigenvalue weighted by Crippen LogP contribution is -2.42. The van der Waals surface area contributed by atoms with Gasteiger partial charge in [0.15, 0.2) is 5.58 Å². The van der Waals surface area contributed by atoms with Crippen LogP contribution in [0.4, 0.5) is 5.69 Å². The summed E-state index contributed by atoms with van der Waals surface area (Å²) in [4.78, 5) is 20.3. The topological polar surface area (TPSA) is 70.4 Å². The molecule has 5 aromatic rings. The zero-order valence-corrected chi connectivity index (χ0v) is 19.3. The van der Waals surface area contributed by atoms with Gasteiger partial charge in [0, 0.05) is 43.9 Å². The molecule has 0 aliphatic carbocycles. The Balaban J connectivity index is 1.30. The molecule has 0 saturated carbocycles. The maximum absolute atomic E-state index is 13.1. The van der Waals surface area contributed by atoms with Crippen LogP contribution in [-0.2, 0) is 6.54 Å². The normalized spacial score (nSPS) is 14.4. The van der Waals surface area contributed by atoms with Crippen molar-refractivity contribution >= 4 is 33.5 Å². The van der Waals surface area contributed by atoms with Crippen LogP contribution < -0.4 is 10.6 Å². The SMILES string of the molecule is O=C(Nc1ccccc1-c1nc2cccc(CN3CCNCC3)c2o1)c1ccc2ccccc2c1. The van der Waals surface area contributed by atoms with Crippen molar-refractivity contribution in [1.29, 1.82) is 0 Å². The highest BCUT2D eigenvalue weighted by Crippen LogP contribution is 2.32. The van der Waals surface area contributed by atoms with E-state index in [0.717, 1.165) is 65.7 Å². The van der Waals surface area contributed by atoms with E-state index in [2.05, 4.69) is 21.6 Å². The molecule has 0 radical (unpaired) electrons. The van der Waals surface area contributed by atoms with E-state index in [1.165, 1.54) is 0 Å². The summed E-state index contributed by atoms with van der Waals surface area (Å²) in [5.74, 6) is 0.334. The molecule has 6 rings (SSSR count). The first-order chi connectivity index (χ1) is 17.2. The highest BCUT2D eigenvalue weighted by molar-refractivity contribution is 6.08. The highest BCUT2D eigenvalue weighted by Gasteiger charge is 2.18. The lowest BCUT2D eigenvalue weighted by molar-refractivity contribution is 0.102. The molecule has 6 nitrogen and oxygen atoms in total. The minimum atomic E-state index is -0.168. The Labute approximate surface area is 203 Å².